The van der Waals surface area contributed by atoms with E-state index in [1.54, 1.807) is 19.1 Å². The first kappa shape index (κ1) is 17.4. The van der Waals surface area contributed by atoms with Gasteiger partial charge in [0.2, 0.25) is 0 Å². The standard InChI is InChI=1S/C19H27FN2O2/c1-14-13-17(3-4-18(14)20)19(23)22-7-5-16(6-8-22)15(2)21-9-11-24-12-10-21/h3-4,13,15-16H,5-12H2,1-2H3/t15-/m1/s1. The topological polar surface area (TPSA) is 32.8 Å². The van der Waals surface area contributed by atoms with Crippen molar-refractivity contribution in [3.05, 3.63) is 35.1 Å². The molecule has 1 aromatic rings. The second kappa shape index (κ2) is 7.62. The van der Waals surface area contributed by atoms with Crippen LogP contribution >= 0.6 is 0 Å². The summed E-state index contributed by atoms with van der Waals surface area (Å²) in [6.07, 6.45) is 2.06. The van der Waals surface area contributed by atoms with Gasteiger partial charge in [0, 0.05) is 37.8 Å². The van der Waals surface area contributed by atoms with E-state index < -0.39 is 0 Å². The molecule has 2 aliphatic rings. The van der Waals surface area contributed by atoms with Crippen LogP contribution in [0.3, 0.4) is 0 Å². The molecule has 0 N–H and O–H groups in total. The predicted molar refractivity (Wildman–Crippen MR) is 91.6 cm³/mol. The summed E-state index contributed by atoms with van der Waals surface area (Å²) in [7, 11) is 0. The van der Waals surface area contributed by atoms with Gasteiger partial charge in [0.1, 0.15) is 5.82 Å². The molecule has 2 fully saturated rings. The van der Waals surface area contributed by atoms with Gasteiger partial charge in [0.05, 0.1) is 13.2 Å². The number of ether oxygens (including phenoxy) is 1. The van der Waals surface area contributed by atoms with E-state index in [9.17, 15) is 9.18 Å². The molecule has 0 spiro atoms. The Morgan fingerprint density at radius 1 is 1.21 bits per heavy atom. The van der Waals surface area contributed by atoms with Gasteiger partial charge in [-0.05, 0) is 56.4 Å². The van der Waals surface area contributed by atoms with E-state index in [-0.39, 0.29) is 11.7 Å². The Balaban J connectivity index is 1.56. The third-order valence-corrected chi connectivity index (χ3v) is 5.54. The minimum atomic E-state index is -0.260. The highest BCUT2D eigenvalue weighted by molar-refractivity contribution is 5.94. The normalized spacial score (nSPS) is 21.7. The lowest BCUT2D eigenvalue weighted by atomic mass is 9.89. The SMILES string of the molecule is Cc1cc(C(=O)N2CCC([C@@H](C)N3CCOCC3)CC2)ccc1F. The Morgan fingerprint density at radius 3 is 2.50 bits per heavy atom. The number of likely N-dealkylation sites (tertiary alicyclic amines) is 1. The first-order chi connectivity index (χ1) is 11.6. The highest BCUT2D eigenvalue weighted by Gasteiger charge is 2.30. The zero-order valence-corrected chi connectivity index (χ0v) is 14.6. The van der Waals surface area contributed by atoms with Crippen molar-refractivity contribution in [2.45, 2.75) is 32.7 Å². The summed E-state index contributed by atoms with van der Waals surface area (Å²) in [6, 6.07) is 5.17. The third kappa shape index (κ3) is 3.78. The number of morpholine rings is 1. The fourth-order valence-electron chi connectivity index (χ4n) is 3.83. The number of aryl methyl sites for hydroxylation is 1. The van der Waals surface area contributed by atoms with Gasteiger partial charge in [-0.3, -0.25) is 9.69 Å². The molecule has 0 unspecified atom stereocenters. The minimum Gasteiger partial charge on any atom is -0.379 e. The molecule has 132 valence electrons. The number of carbonyl (C=O) groups excluding carboxylic acids is 1. The molecular formula is C19H27FN2O2. The van der Waals surface area contributed by atoms with Gasteiger partial charge in [-0.25, -0.2) is 4.39 Å². The predicted octanol–water partition coefficient (Wildman–Crippen LogP) is 2.71. The van der Waals surface area contributed by atoms with Crippen molar-refractivity contribution in [2.24, 2.45) is 5.92 Å². The number of hydrogen-bond donors (Lipinski definition) is 0. The van der Waals surface area contributed by atoms with Crippen LogP contribution in [0, 0.1) is 18.7 Å². The average molecular weight is 334 g/mol. The van der Waals surface area contributed by atoms with Crippen LogP contribution in [0.2, 0.25) is 0 Å². The molecular weight excluding hydrogens is 307 g/mol. The Hall–Kier alpha value is -1.46. The number of carbonyl (C=O) groups is 1. The molecule has 24 heavy (non-hydrogen) atoms. The van der Waals surface area contributed by atoms with Crippen LogP contribution in [0.1, 0.15) is 35.7 Å². The largest absolute Gasteiger partial charge is 0.379 e. The molecule has 0 saturated carbocycles. The second-order valence-corrected chi connectivity index (χ2v) is 6.98. The van der Waals surface area contributed by atoms with E-state index in [2.05, 4.69) is 11.8 Å². The van der Waals surface area contributed by atoms with Crippen LogP contribution in [0.5, 0.6) is 0 Å². The smallest absolute Gasteiger partial charge is 0.253 e. The molecule has 3 rings (SSSR count). The number of hydrogen-bond acceptors (Lipinski definition) is 3. The molecule has 0 aromatic heterocycles. The van der Waals surface area contributed by atoms with Gasteiger partial charge in [-0.2, -0.15) is 0 Å². The van der Waals surface area contributed by atoms with E-state index in [1.807, 2.05) is 4.90 Å². The molecule has 5 heteroatoms. The Morgan fingerprint density at radius 2 is 1.88 bits per heavy atom. The minimum absolute atomic E-state index is 0.0237. The summed E-state index contributed by atoms with van der Waals surface area (Å²) < 4.78 is 18.8. The Bertz CT molecular complexity index is 579. The highest BCUT2D eigenvalue weighted by atomic mass is 19.1. The summed E-state index contributed by atoms with van der Waals surface area (Å²) in [4.78, 5) is 17.0. The lowest BCUT2D eigenvalue weighted by molar-refractivity contribution is -0.000951. The van der Waals surface area contributed by atoms with E-state index in [0.29, 0.717) is 23.1 Å². The molecule has 1 aromatic carbocycles. The molecule has 0 aliphatic carbocycles. The van der Waals surface area contributed by atoms with Crippen molar-refractivity contribution < 1.29 is 13.9 Å². The quantitative estimate of drug-likeness (QED) is 0.852. The van der Waals surface area contributed by atoms with Crippen molar-refractivity contribution in [3.63, 3.8) is 0 Å². The third-order valence-electron chi connectivity index (χ3n) is 5.54. The van der Waals surface area contributed by atoms with Crippen molar-refractivity contribution in [2.75, 3.05) is 39.4 Å². The fraction of sp³-hybridized carbons (Fsp3) is 0.632. The fourth-order valence-corrected chi connectivity index (χ4v) is 3.83. The van der Waals surface area contributed by atoms with Crippen LogP contribution in [0.15, 0.2) is 18.2 Å². The molecule has 2 heterocycles. The lowest BCUT2D eigenvalue weighted by Crippen LogP contribution is -2.49. The maximum absolute atomic E-state index is 13.4. The summed E-state index contributed by atoms with van der Waals surface area (Å²) in [6.45, 7) is 9.24. The van der Waals surface area contributed by atoms with Gasteiger partial charge in [-0.1, -0.05) is 0 Å². The van der Waals surface area contributed by atoms with Gasteiger partial charge >= 0.3 is 0 Å². The molecule has 0 bridgehead atoms. The second-order valence-electron chi connectivity index (χ2n) is 6.98. The average Bonchev–Trinajstić information content (AvgIpc) is 2.63. The van der Waals surface area contributed by atoms with Crippen molar-refractivity contribution >= 4 is 5.91 Å². The van der Waals surface area contributed by atoms with Gasteiger partial charge in [0.15, 0.2) is 0 Å². The van der Waals surface area contributed by atoms with Crippen molar-refractivity contribution in [3.8, 4) is 0 Å². The van der Waals surface area contributed by atoms with Crippen LogP contribution in [-0.4, -0.2) is 61.1 Å². The van der Waals surface area contributed by atoms with E-state index >= 15 is 0 Å². The number of rotatable bonds is 3. The first-order valence-electron chi connectivity index (χ1n) is 8.93. The number of amides is 1. The summed E-state index contributed by atoms with van der Waals surface area (Å²) >= 11 is 0. The Labute approximate surface area is 143 Å². The van der Waals surface area contributed by atoms with Crippen LogP contribution in [0.25, 0.3) is 0 Å². The number of benzene rings is 1. The van der Waals surface area contributed by atoms with Gasteiger partial charge < -0.3 is 9.64 Å². The summed E-state index contributed by atoms with van der Waals surface area (Å²) in [5, 5.41) is 0. The molecule has 1 atom stereocenters. The van der Waals surface area contributed by atoms with Crippen LogP contribution in [-0.2, 0) is 4.74 Å². The highest BCUT2D eigenvalue weighted by Crippen LogP contribution is 2.25. The zero-order chi connectivity index (χ0) is 17.1. The van der Waals surface area contributed by atoms with E-state index in [1.165, 1.54) is 6.07 Å². The number of nitrogens with zero attached hydrogens (tertiary/aromatic N) is 2. The molecule has 4 nitrogen and oxygen atoms in total. The van der Waals surface area contributed by atoms with Crippen LogP contribution < -0.4 is 0 Å². The van der Waals surface area contributed by atoms with Crippen molar-refractivity contribution in [1.82, 2.24) is 9.80 Å². The molecule has 0 radical (unpaired) electrons. The lowest BCUT2D eigenvalue weighted by Gasteiger charge is -2.41. The maximum atomic E-state index is 13.4. The summed E-state index contributed by atoms with van der Waals surface area (Å²) in [5.74, 6) is 0.391. The van der Waals surface area contributed by atoms with Gasteiger partial charge in [-0.15, -0.1) is 0 Å². The van der Waals surface area contributed by atoms with E-state index in [0.717, 1.165) is 52.2 Å². The number of piperidine rings is 1. The maximum Gasteiger partial charge on any atom is 0.253 e. The van der Waals surface area contributed by atoms with Crippen molar-refractivity contribution in [1.29, 1.82) is 0 Å². The van der Waals surface area contributed by atoms with E-state index in [4.69, 9.17) is 4.74 Å². The van der Waals surface area contributed by atoms with Gasteiger partial charge in [0.25, 0.3) is 5.91 Å². The Kier molecular flexibility index (Phi) is 5.51. The molecule has 2 saturated heterocycles. The molecule has 2 aliphatic heterocycles. The number of halogens is 1. The molecule has 1 amide bonds. The van der Waals surface area contributed by atoms with Crippen LogP contribution in [0.4, 0.5) is 4.39 Å². The summed E-state index contributed by atoms with van der Waals surface area (Å²) in [5.41, 5.74) is 1.12. The monoisotopic (exact) mass is 334 g/mol. The zero-order valence-electron chi connectivity index (χ0n) is 14.6. The first-order valence-corrected chi connectivity index (χ1v) is 8.93.